The zero-order valence-electron chi connectivity index (χ0n) is 10.9. The Morgan fingerprint density at radius 2 is 2.35 bits per heavy atom. The van der Waals surface area contributed by atoms with Crippen LogP contribution in [0.15, 0.2) is 0 Å². The molecule has 1 aliphatic heterocycles. The standard InChI is InChI=1S/C11H22N6/c1-4-9(2)10-7-17(6-5-12-10)8-11-13-15-16(3)14-11/h9-10,12H,4-8H2,1-3H3. The van der Waals surface area contributed by atoms with Crippen LogP contribution in [0, 0.1) is 5.92 Å². The SMILES string of the molecule is CCC(C)C1CN(Cc2nnn(C)n2)CCN1. The molecule has 6 nitrogen and oxygen atoms in total. The second kappa shape index (κ2) is 5.55. The summed E-state index contributed by atoms with van der Waals surface area (Å²) in [5.41, 5.74) is 0. The highest BCUT2D eigenvalue weighted by Gasteiger charge is 2.23. The van der Waals surface area contributed by atoms with Gasteiger partial charge in [-0.1, -0.05) is 20.3 Å². The van der Waals surface area contributed by atoms with Crippen molar-refractivity contribution in [1.29, 1.82) is 0 Å². The van der Waals surface area contributed by atoms with Crippen LogP contribution < -0.4 is 5.32 Å². The minimum atomic E-state index is 0.588. The van der Waals surface area contributed by atoms with Crippen molar-refractivity contribution < 1.29 is 0 Å². The number of nitrogens with one attached hydrogen (secondary N) is 1. The van der Waals surface area contributed by atoms with Crippen molar-refractivity contribution in [2.75, 3.05) is 19.6 Å². The molecule has 96 valence electrons. The molecule has 17 heavy (non-hydrogen) atoms. The summed E-state index contributed by atoms with van der Waals surface area (Å²) in [5.74, 6) is 1.53. The molecule has 1 N–H and O–H groups in total. The van der Waals surface area contributed by atoms with E-state index in [9.17, 15) is 0 Å². The monoisotopic (exact) mass is 238 g/mol. The topological polar surface area (TPSA) is 58.9 Å². The fourth-order valence-electron chi connectivity index (χ4n) is 2.24. The third-order valence-electron chi connectivity index (χ3n) is 3.54. The van der Waals surface area contributed by atoms with Crippen LogP contribution in [0.4, 0.5) is 0 Å². The average Bonchev–Trinajstić information content (AvgIpc) is 2.74. The van der Waals surface area contributed by atoms with Gasteiger partial charge in [-0.3, -0.25) is 4.90 Å². The Balaban J connectivity index is 1.89. The first-order chi connectivity index (χ1) is 8.19. The first-order valence-corrected chi connectivity index (χ1v) is 6.37. The summed E-state index contributed by atoms with van der Waals surface area (Å²) in [6.07, 6.45) is 1.22. The highest BCUT2D eigenvalue weighted by Crippen LogP contribution is 2.13. The van der Waals surface area contributed by atoms with E-state index in [4.69, 9.17) is 0 Å². The Bertz CT molecular complexity index is 349. The van der Waals surface area contributed by atoms with E-state index in [1.165, 1.54) is 11.2 Å². The molecule has 0 radical (unpaired) electrons. The first-order valence-electron chi connectivity index (χ1n) is 6.37. The summed E-state index contributed by atoms with van der Waals surface area (Å²) in [5, 5.41) is 15.7. The number of aromatic nitrogens is 4. The first kappa shape index (κ1) is 12.4. The highest BCUT2D eigenvalue weighted by molar-refractivity contribution is 4.85. The molecule has 1 fully saturated rings. The van der Waals surface area contributed by atoms with Gasteiger partial charge >= 0.3 is 0 Å². The second-order valence-electron chi connectivity index (χ2n) is 4.88. The van der Waals surface area contributed by atoms with E-state index < -0.39 is 0 Å². The molecule has 0 aromatic carbocycles. The third-order valence-corrected chi connectivity index (χ3v) is 3.54. The zero-order chi connectivity index (χ0) is 12.3. The molecule has 1 aromatic heterocycles. The van der Waals surface area contributed by atoms with Crippen molar-refractivity contribution in [3.8, 4) is 0 Å². The molecule has 0 spiro atoms. The van der Waals surface area contributed by atoms with Gasteiger partial charge in [0.1, 0.15) is 0 Å². The predicted molar refractivity (Wildman–Crippen MR) is 65.3 cm³/mol. The van der Waals surface area contributed by atoms with Crippen LogP contribution in [0.2, 0.25) is 0 Å². The van der Waals surface area contributed by atoms with Crippen molar-refractivity contribution in [3.05, 3.63) is 5.82 Å². The van der Waals surface area contributed by atoms with Crippen LogP contribution in [-0.2, 0) is 13.6 Å². The van der Waals surface area contributed by atoms with E-state index >= 15 is 0 Å². The Hall–Kier alpha value is -1.01. The summed E-state index contributed by atoms with van der Waals surface area (Å²) in [6.45, 7) is 8.55. The van der Waals surface area contributed by atoms with Crippen molar-refractivity contribution >= 4 is 0 Å². The lowest BCUT2D eigenvalue weighted by Gasteiger charge is -2.35. The van der Waals surface area contributed by atoms with Gasteiger partial charge in [-0.25, -0.2) is 0 Å². The van der Waals surface area contributed by atoms with Gasteiger partial charge < -0.3 is 5.32 Å². The molecule has 2 unspecified atom stereocenters. The van der Waals surface area contributed by atoms with Crippen molar-refractivity contribution in [2.45, 2.75) is 32.9 Å². The lowest BCUT2D eigenvalue weighted by molar-refractivity contribution is 0.159. The van der Waals surface area contributed by atoms with E-state index in [2.05, 4.69) is 39.5 Å². The second-order valence-corrected chi connectivity index (χ2v) is 4.88. The maximum atomic E-state index is 4.23. The smallest absolute Gasteiger partial charge is 0.188 e. The molecule has 6 heteroatoms. The summed E-state index contributed by atoms with van der Waals surface area (Å²) < 4.78 is 0. The zero-order valence-corrected chi connectivity index (χ0v) is 10.9. The maximum Gasteiger partial charge on any atom is 0.188 e. The molecule has 0 bridgehead atoms. The van der Waals surface area contributed by atoms with Gasteiger partial charge in [0, 0.05) is 25.7 Å². The fourth-order valence-corrected chi connectivity index (χ4v) is 2.24. The average molecular weight is 238 g/mol. The van der Waals surface area contributed by atoms with Crippen LogP contribution in [0.5, 0.6) is 0 Å². The summed E-state index contributed by atoms with van der Waals surface area (Å²) in [7, 11) is 1.80. The minimum absolute atomic E-state index is 0.588. The highest BCUT2D eigenvalue weighted by atomic mass is 15.6. The van der Waals surface area contributed by atoms with E-state index in [-0.39, 0.29) is 0 Å². The quantitative estimate of drug-likeness (QED) is 0.802. The lowest BCUT2D eigenvalue weighted by Crippen LogP contribution is -2.52. The van der Waals surface area contributed by atoms with Gasteiger partial charge in [-0.05, 0) is 11.1 Å². The normalized spacial score (nSPS) is 23.8. The number of rotatable bonds is 4. The van der Waals surface area contributed by atoms with Crippen LogP contribution in [-0.4, -0.2) is 50.8 Å². The Morgan fingerprint density at radius 3 is 3.00 bits per heavy atom. The van der Waals surface area contributed by atoms with E-state index in [0.29, 0.717) is 12.0 Å². The minimum Gasteiger partial charge on any atom is -0.311 e. The van der Waals surface area contributed by atoms with Crippen LogP contribution in [0.1, 0.15) is 26.1 Å². The van der Waals surface area contributed by atoms with Gasteiger partial charge in [0.05, 0.1) is 13.6 Å². The predicted octanol–water partition coefficient (Wildman–Crippen LogP) is 0.0300. The van der Waals surface area contributed by atoms with E-state index in [1.807, 2.05) is 0 Å². The maximum absolute atomic E-state index is 4.23. The molecule has 0 amide bonds. The molecular weight excluding hydrogens is 216 g/mol. The summed E-state index contributed by atoms with van der Waals surface area (Å²) in [6, 6.07) is 0.588. The van der Waals surface area contributed by atoms with Gasteiger partial charge in [-0.15, -0.1) is 10.2 Å². The molecular formula is C11H22N6. The van der Waals surface area contributed by atoms with Crippen molar-refractivity contribution in [1.82, 2.24) is 30.4 Å². The number of hydrogen-bond donors (Lipinski definition) is 1. The van der Waals surface area contributed by atoms with E-state index in [0.717, 1.165) is 32.0 Å². The number of tetrazole rings is 1. The Morgan fingerprint density at radius 1 is 1.53 bits per heavy atom. The Kier molecular flexibility index (Phi) is 4.06. The van der Waals surface area contributed by atoms with Crippen molar-refractivity contribution in [3.63, 3.8) is 0 Å². The number of aryl methyl sites for hydroxylation is 1. The van der Waals surface area contributed by atoms with Crippen molar-refractivity contribution in [2.24, 2.45) is 13.0 Å². The molecule has 2 rings (SSSR count). The van der Waals surface area contributed by atoms with Crippen LogP contribution in [0.3, 0.4) is 0 Å². The van der Waals surface area contributed by atoms with Gasteiger partial charge in [0.25, 0.3) is 0 Å². The molecule has 2 atom stereocenters. The summed E-state index contributed by atoms with van der Waals surface area (Å²) >= 11 is 0. The van der Waals surface area contributed by atoms with Crippen LogP contribution in [0.25, 0.3) is 0 Å². The van der Waals surface area contributed by atoms with Crippen LogP contribution >= 0.6 is 0 Å². The molecule has 1 aliphatic rings. The molecule has 0 saturated carbocycles. The largest absolute Gasteiger partial charge is 0.311 e. The fraction of sp³-hybridized carbons (Fsp3) is 0.909. The third kappa shape index (κ3) is 3.23. The molecule has 1 aromatic rings. The number of nitrogens with zero attached hydrogens (tertiary/aromatic N) is 5. The molecule has 0 aliphatic carbocycles. The van der Waals surface area contributed by atoms with Gasteiger partial charge in [0.15, 0.2) is 5.82 Å². The summed E-state index contributed by atoms with van der Waals surface area (Å²) in [4.78, 5) is 3.92. The lowest BCUT2D eigenvalue weighted by atomic mass is 9.97. The van der Waals surface area contributed by atoms with Gasteiger partial charge in [-0.2, -0.15) is 4.80 Å². The number of hydrogen-bond acceptors (Lipinski definition) is 5. The number of piperazine rings is 1. The molecule has 1 saturated heterocycles. The Labute approximate surface area is 102 Å². The molecule has 2 heterocycles. The van der Waals surface area contributed by atoms with Gasteiger partial charge in [0.2, 0.25) is 0 Å². The van der Waals surface area contributed by atoms with E-state index in [1.54, 1.807) is 7.05 Å².